The smallest absolute Gasteiger partial charge is 0.116 e. The first kappa shape index (κ1) is 9.64. The highest BCUT2D eigenvalue weighted by Gasteiger charge is 1.98. The van der Waals surface area contributed by atoms with Gasteiger partial charge in [-0.05, 0) is 0 Å². The average molecular weight is 205 g/mol. The van der Waals surface area contributed by atoms with Crippen molar-refractivity contribution in [3.05, 3.63) is 0 Å². The van der Waals surface area contributed by atoms with E-state index in [0.717, 1.165) is 0 Å². The molecule has 0 aliphatic rings. The lowest BCUT2D eigenvalue weighted by atomic mass is 10.7. The maximum atomic E-state index is 2.76. The van der Waals surface area contributed by atoms with Crippen LogP contribution in [0.1, 0.15) is 0 Å². The molecule has 0 aromatic heterocycles. The summed E-state index contributed by atoms with van der Waals surface area (Å²) >= 11 is 0. The molecule has 0 nitrogen and oxygen atoms in total. The van der Waals surface area contributed by atoms with Crippen LogP contribution in [0.5, 0.6) is 0 Å². The molecular formula is H8BP6. The minimum atomic E-state index is 0.0556. The molecule has 0 N–H and O–H groups in total. The van der Waals surface area contributed by atoms with Crippen LogP contribution in [0, 0.1) is 0 Å². The second-order valence-corrected chi connectivity index (χ2v) is 14.5. The summed E-state index contributed by atoms with van der Waals surface area (Å²) in [6.45, 7) is 2.31. The van der Waals surface area contributed by atoms with Gasteiger partial charge in [0.25, 0.3) is 0 Å². The zero-order chi connectivity index (χ0) is 5.86. The highest BCUT2D eigenvalue weighted by Crippen LogP contribution is 2.65. The van der Waals surface area contributed by atoms with Gasteiger partial charge in [-0.25, -0.2) is 0 Å². The Morgan fingerprint density at radius 2 is 1.14 bits per heavy atom. The van der Waals surface area contributed by atoms with Gasteiger partial charge < -0.3 is 0 Å². The first-order valence-electron chi connectivity index (χ1n) is 1.55. The monoisotopic (exact) mass is 205 g/mol. The Labute approximate surface area is 57.2 Å². The third-order valence-electron chi connectivity index (χ3n) is 0.267. The normalized spacial score (nSPS) is 10.6. The Hall–Kier alpha value is 2.64. The van der Waals surface area contributed by atoms with Crippen molar-refractivity contribution >= 4 is 56.8 Å². The highest BCUT2D eigenvalue weighted by molar-refractivity contribution is 8.72. The van der Waals surface area contributed by atoms with E-state index in [1.807, 2.05) is 0 Å². The third kappa shape index (κ3) is 8.64. The zero-order valence-electron chi connectivity index (χ0n) is 3.78. The topological polar surface area (TPSA) is 0 Å². The van der Waals surface area contributed by atoms with Crippen molar-refractivity contribution in [2.75, 3.05) is 0 Å². The van der Waals surface area contributed by atoms with Crippen LogP contribution in [0.4, 0.5) is 0 Å². The molecule has 41 valence electrons. The molecule has 0 saturated carbocycles. The second-order valence-electron chi connectivity index (χ2n) is 1.01. The van der Waals surface area contributed by atoms with Crippen LogP contribution in [0.15, 0.2) is 0 Å². The van der Waals surface area contributed by atoms with E-state index in [0.29, 0.717) is 0 Å². The number of rotatable bonds is 2. The molecule has 0 spiro atoms. The Morgan fingerprint density at radius 1 is 0.857 bits per heavy atom. The summed E-state index contributed by atoms with van der Waals surface area (Å²) in [7, 11) is 11.2. The minimum absolute atomic E-state index is 0.0556. The molecule has 0 bridgehead atoms. The lowest BCUT2D eigenvalue weighted by Crippen LogP contribution is -1.60. The predicted octanol–water partition coefficient (Wildman–Crippen LogP) is 2.64. The molecule has 7 heavy (non-hydrogen) atoms. The van der Waals surface area contributed by atoms with Crippen molar-refractivity contribution in [1.29, 1.82) is 0 Å². The van der Waals surface area contributed by atoms with Crippen LogP contribution in [-0.2, 0) is 0 Å². The molecule has 0 rings (SSSR count). The van der Waals surface area contributed by atoms with E-state index in [2.05, 4.69) is 42.4 Å². The van der Waals surface area contributed by atoms with Gasteiger partial charge >= 0.3 is 0 Å². The van der Waals surface area contributed by atoms with Crippen molar-refractivity contribution in [1.82, 2.24) is 0 Å². The van der Waals surface area contributed by atoms with E-state index in [9.17, 15) is 0 Å². The maximum Gasteiger partial charge on any atom is 0.201 e. The van der Waals surface area contributed by atoms with E-state index < -0.39 is 0 Å². The first-order valence-corrected chi connectivity index (χ1v) is 10.8. The summed E-state index contributed by atoms with van der Waals surface area (Å²) < 4.78 is 0. The number of hydrogen-bond acceptors (Lipinski definition) is 0. The SMILES string of the molecule is PP(P)[B]P(P)P. The Bertz CT molecular complexity index is 33.4. The Morgan fingerprint density at radius 3 is 1.14 bits per heavy atom. The van der Waals surface area contributed by atoms with Crippen molar-refractivity contribution < 1.29 is 0 Å². The maximum absolute atomic E-state index is 2.76. The molecule has 0 aromatic rings. The van der Waals surface area contributed by atoms with Crippen LogP contribution in [0.3, 0.4) is 0 Å². The van der Waals surface area contributed by atoms with E-state index in [4.69, 9.17) is 0 Å². The van der Waals surface area contributed by atoms with Gasteiger partial charge in [-0.15, -0.1) is 50.1 Å². The Kier molecular flexibility index (Phi) is 7.48. The zero-order valence-corrected chi connectivity index (χ0v) is 10.2. The van der Waals surface area contributed by atoms with Gasteiger partial charge in [0, 0.05) is 0 Å². The summed E-state index contributed by atoms with van der Waals surface area (Å²) in [5.41, 5.74) is 0. The second kappa shape index (κ2) is 5.43. The van der Waals surface area contributed by atoms with Gasteiger partial charge in [-0.2, -0.15) is 0 Å². The average Bonchev–Trinajstić information content (AvgIpc) is 1.27. The van der Waals surface area contributed by atoms with E-state index in [1.165, 1.54) is 0 Å². The van der Waals surface area contributed by atoms with Gasteiger partial charge in [0.05, 0.1) is 0 Å². The quantitative estimate of drug-likeness (QED) is 0.479. The van der Waals surface area contributed by atoms with Gasteiger partial charge in [0.15, 0.2) is 0 Å². The fourth-order valence-electron chi connectivity index (χ4n) is 0.154. The molecule has 0 fully saturated rings. The molecule has 0 amide bonds. The van der Waals surface area contributed by atoms with Gasteiger partial charge in [0.1, 0.15) is 0 Å². The standard InChI is InChI=1S/BH8P6/c2-6(3)1-7(4)5/h2-5H2. The molecular weight excluding hydrogens is 197 g/mol. The van der Waals surface area contributed by atoms with E-state index >= 15 is 0 Å². The summed E-state index contributed by atoms with van der Waals surface area (Å²) in [5, 5.41) is 0. The highest BCUT2D eigenvalue weighted by atomic mass is 32.4. The van der Waals surface area contributed by atoms with Crippen LogP contribution >= 0.6 is 50.1 Å². The Balaban J connectivity index is 2.95. The van der Waals surface area contributed by atoms with Gasteiger partial charge in [-0.3, -0.25) is 0 Å². The van der Waals surface area contributed by atoms with Crippen molar-refractivity contribution in [3.63, 3.8) is 0 Å². The molecule has 1 radical (unpaired) electrons. The first-order chi connectivity index (χ1) is 3.13. The lowest BCUT2D eigenvalue weighted by molar-refractivity contribution is 4.50. The number of hydrogen-bond donors (Lipinski definition) is 0. The van der Waals surface area contributed by atoms with Crippen LogP contribution in [-0.4, -0.2) is 6.72 Å². The molecule has 4 unspecified atom stereocenters. The molecule has 0 saturated heterocycles. The largest absolute Gasteiger partial charge is 0.201 e. The van der Waals surface area contributed by atoms with Gasteiger partial charge in [-0.1, -0.05) is 0 Å². The van der Waals surface area contributed by atoms with E-state index in [1.54, 1.807) is 0 Å². The molecule has 0 aliphatic heterocycles. The van der Waals surface area contributed by atoms with Gasteiger partial charge in [0.2, 0.25) is 6.72 Å². The van der Waals surface area contributed by atoms with Crippen molar-refractivity contribution in [3.8, 4) is 0 Å². The van der Waals surface area contributed by atoms with Crippen molar-refractivity contribution in [2.45, 2.75) is 0 Å². The fraction of sp³-hybridized carbons (Fsp3) is 0. The summed E-state index contributed by atoms with van der Waals surface area (Å²) in [4.78, 5) is 0. The summed E-state index contributed by atoms with van der Waals surface area (Å²) in [6, 6.07) is 0. The molecule has 7 heteroatoms. The lowest BCUT2D eigenvalue weighted by Gasteiger charge is -2.04. The molecule has 0 heterocycles. The summed E-state index contributed by atoms with van der Waals surface area (Å²) in [6.07, 6.45) is 0. The van der Waals surface area contributed by atoms with E-state index in [-0.39, 0.29) is 14.4 Å². The fourth-order valence-corrected chi connectivity index (χ4v) is 12.5. The summed E-state index contributed by atoms with van der Waals surface area (Å²) in [5.74, 6) is 0. The third-order valence-corrected chi connectivity index (χ3v) is 7.20. The van der Waals surface area contributed by atoms with Crippen LogP contribution < -0.4 is 0 Å². The van der Waals surface area contributed by atoms with Crippen LogP contribution in [0.2, 0.25) is 0 Å². The molecule has 0 aliphatic carbocycles. The molecule has 4 atom stereocenters. The minimum Gasteiger partial charge on any atom is -0.116 e. The van der Waals surface area contributed by atoms with Crippen LogP contribution in [0.25, 0.3) is 0 Å². The molecule has 0 aromatic carbocycles. The predicted molar refractivity (Wildman–Crippen MR) is 58.4 cm³/mol. The van der Waals surface area contributed by atoms with Crippen molar-refractivity contribution in [2.24, 2.45) is 0 Å².